The van der Waals surface area contributed by atoms with E-state index in [0.29, 0.717) is 12.9 Å². The Balaban J connectivity index is 4.02. The highest BCUT2D eigenvalue weighted by Crippen LogP contribution is 2.10. The minimum absolute atomic E-state index is 0.165. The van der Waals surface area contributed by atoms with Crippen molar-refractivity contribution in [2.75, 3.05) is 6.61 Å². The van der Waals surface area contributed by atoms with E-state index in [9.17, 15) is 9.59 Å². The van der Waals surface area contributed by atoms with Gasteiger partial charge in [-0.3, -0.25) is 9.59 Å². The Morgan fingerprint density at radius 1 is 1.25 bits per heavy atom. The molecule has 70 valence electrons. The SMILES string of the molecule is C[Si](C)(C)C(COC=O)OC=O. The van der Waals surface area contributed by atoms with E-state index < -0.39 is 8.07 Å². The largest absolute Gasteiger partial charge is 0.465 e. The van der Waals surface area contributed by atoms with Crippen LogP contribution in [0.3, 0.4) is 0 Å². The van der Waals surface area contributed by atoms with Crippen LogP contribution < -0.4 is 0 Å². The highest BCUT2D eigenvalue weighted by Gasteiger charge is 2.28. The van der Waals surface area contributed by atoms with Gasteiger partial charge in [-0.05, 0) is 0 Å². The molecule has 0 heterocycles. The Morgan fingerprint density at radius 2 is 1.83 bits per heavy atom. The molecule has 0 saturated carbocycles. The molecule has 0 aliphatic carbocycles. The Bertz CT molecular complexity index is 152. The summed E-state index contributed by atoms with van der Waals surface area (Å²) in [5, 5.41) is 0. The number of rotatable bonds is 6. The number of carbonyl (C=O) groups excluding carboxylic acids is 2. The second-order valence-corrected chi connectivity index (χ2v) is 8.89. The van der Waals surface area contributed by atoms with Gasteiger partial charge in [0.15, 0.2) is 0 Å². The predicted octanol–water partition coefficient (Wildman–Crippen LogP) is 0.578. The van der Waals surface area contributed by atoms with Gasteiger partial charge in [0.05, 0.1) is 8.07 Å². The van der Waals surface area contributed by atoms with Crippen molar-refractivity contribution in [1.29, 1.82) is 0 Å². The molecule has 1 atom stereocenters. The molecule has 0 saturated heterocycles. The van der Waals surface area contributed by atoms with Crippen molar-refractivity contribution in [2.24, 2.45) is 0 Å². The summed E-state index contributed by atoms with van der Waals surface area (Å²) in [6, 6.07) is 0. The van der Waals surface area contributed by atoms with Crippen molar-refractivity contribution in [3.05, 3.63) is 0 Å². The number of carbonyl (C=O) groups is 2. The molecular weight excluding hydrogens is 176 g/mol. The maximum Gasteiger partial charge on any atom is 0.293 e. The molecule has 0 bridgehead atoms. The molecule has 4 nitrogen and oxygen atoms in total. The van der Waals surface area contributed by atoms with E-state index in [1.54, 1.807) is 0 Å². The summed E-state index contributed by atoms with van der Waals surface area (Å²) < 4.78 is 9.35. The van der Waals surface area contributed by atoms with E-state index >= 15 is 0 Å². The first-order valence-electron chi connectivity index (χ1n) is 3.66. The molecule has 0 radical (unpaired) electrons. The van der Waals surface area contributed by atoms with Crippen molar-refractivity contribution < 1.29 is 19.1 Å². The van der Waals surface area contributed by atoms with Gasteiger partial charge in [0.25, 0.3) is 12.9 Å². The number of hydrogen-bond acceptors (Lipinski definition) is 4. The lowest BCUT2D eigenvalue weighted by Crippen LogP contribution is -2.43. The molecule has 0 amide bonds. The second kappa shape index (κ2) is 4.92. The van der Waals surface area contributed by atoms with Crippen LogP contribution in [0, 0.1) is 0 Å². The van der Waals surface area contributed by atoms with Crippen molar-refractivity contribution in [2.45, 2.75) is 25.4 Å². The van der Waals surface area contributed by atoms with Crippen LogP contribution in [0.2, 0.25) is 19.6 Å². The molecule has 5 heteroatoms. The normalized spacial score (nSPS) is 13.2. The molecule has 0 aromatic heterocycles. The first-order chi connectivity index (χ1) is 5.52. The second-order valence-electron chi connectivity index (χ2n) is 3.52. The molecule has 0 N–H and O–H groups in total. The highest BCUT2D eigenvalue weighted by atomic mass is 28.3. The maximum atomic E-state index is 10.1. The fourth-order valence-corrected chi connectivity index (χ4v) is 1.75. The van der Waals surface area contributed by atoms with Gasteiger partial charge in [0.1, 0.15) is 12.3 Å². The Hall–Kier alpha value is -0.843. The third-order valence-corrected chi connectivity index (χ3v) is 3.74. The fourth-order valence-electron chi connectivity index (χ4n) is 0.687. The Kier molecular flexibility index (Phi) is 4.57. The van der Waals surface area contributed by atoms with Gasteiger partial charge in [0, 0.05) is 0 Å². The average molecular weight is 190 g/mol. The van der Waals surface area contributed by atoms with Gasteiger partial charge in [-0.25, -0.2) is 0 Å². The van der Waals surface area contributed by atoms with Crippen molar-refractivity contribution >= 4 is 21.0 Å². The first kappa shape index (κ1) is 11.2. The van der Waals surface area contributed by atoms with E-state index in [0.717, 1.165) is 0 Å². The van der Waals surface area contributed by atoms with E-state index in [-0.39, 0.29) is 12.3 Å². The van der Waals surface area contributed by atoms with Crippen LogP contribution in [0.25, 0.3) is 0 Å². The third-order valence-electron chi connectivity index (χ3n) is 1.50. The Morgan fingerprint density at radius 3 is 2.17 bits per heavy atom. The summed E-state index contributed by atoms with van der Waals surface area (Å²) in [5.41, 5.74) is -0.250. The molecule has 0 spiro atoms. The minimum Gasteiger partial charge on any atom is -0.465 e. The average Bonchev–Trinajstić information content (AvgIpc) is 1.95. The highest BCUT2D eigenvalue weighted by molar-refractivity contribution is 6.77. The third kappa shape index (κ3) is 4.12. The van der Waals surface area contributed by atoms with E-state index in [1.807, 2.05) is 19.6 Å². The zero-order valence-corrected chi connectivity index (χ0v) is 8.57. The van der Waals surface area contributed by atoms with Crippen molar-refractivity contribution in [1.82, 2.24) is 0 Å². The van der Waals surface area contributed by atoms with Crippen LogP contribution in [-0.2, 0) is 19.1 Å². The van der Waals surface area contributed by atoms with Gasteiger partial charge in [-0.15, -0.1) is 0 Å². The number of hydrogen-bond donors (Lipinski definition) is 0. The topological polar surface area (TPSA) is 52.6 Å². The van der Waals surface area contributed by atoms with Gasteiger partial charge >= 0.3 is 0 Å². The zero-order valence-electron chi connectivity index (χ0n) is 7.57. The molecule has 12 heavy (non-hydrogen) atoms. The predicted molar refractivity (Wildman–Crippen MR) is 46.3 cm³/mol. The molecule has 0 aromatic rings. The van der Waals surface area contributed by atoms with Gasteiger partial charge < -0.3 is 9.47 Å². The van der Waals surface area contributed by atoms with Crippen LogP contribution >= 0.6 is 0 Å². The molecule has 0 aliphatic rings. The smallest absolute Gasteiger partial charge is 0.293 e. The molecule has 0 aliphatic heterocycles. The van der Waals surface area contributed by atoms with Crippen LogP contribution in [0.1, 0.15) is 0 Å². The van der Waals surface area contributed by atoms with E-state index in [2.05, 4.69) is 4.74 Å². The van der Waals surface area contributed by atoms with E-state index in [1.165, 1.54) is 0 Å². The summed E-state index contributed by atoms with van der Waals surface area (Å²) in [6.07, 6.45) is 0. The summed E-state index contributed by atoms with van der Waals surface area (Å²) >= 11 is 0. The lowest BCUT2D eigenvalue weighted by Gasteiger charge is -2.25. The minimum atomic E-state index is -1.58. The molecule has 0 rings (SSSR count). The first-order valence-corrected chi connectivity index (χ1v) is 7.24. The van der Waals surface area contributed by atoms with Crippen LogP contribution in [0.4, 0.5) is 0 Å². The van der Waals surface area contributed by atoms with Gasteiger partial charge in [-0.1, -0.05) is 19.6 Å². The fraction of sp³-hybridized carbons (Fsp3) is 0.714. The van der Waals surface area contributed by atoms with Crippen molar-refractivity contribution in [3.8, 4) is 0 Å². The summed E-state index contributed by atoms with van der Waals surface area (Å²) in [4.78, 5) is 20.0. The van der Waals surface area contributed by atoms with Crippen molar-refractivity contribution in [3.63, 3.8) is 0 Å². The van der Waals surface area contributed by atoms with E-state index in [4.69, 9.17) is 4.74 Å². The standard InChI is InChI=1S/C7H14O4Si/c1-12(2,3)7(11-6-9)4-10-5-8/h5-7H,4H2,1-3H3. The van der Waals surface area contributed by atoms with Crippen LogP contribution in [0.5, 0.6) is 0 Å². The zero-order chi connectivity index (χ0) is 9.61. The van der Waals surface area contributed by atoms with Crippen LogP contribution in [-0.4, -0.2) is 33.4 Å². The molecule has 1 unspecified atom stereocenters. The van der Waals surface area contributed by atoms with Gasteiger partial charge in [-0.2, -0.15) is 0 Å². The summed E-state index contributed by atoms with van der Waals surface area (Å²) in [5.74, 6) is 0. The molecule has 0 aromatic carbocycles. The molecular formula is C7H14O4Si. The summed E-state index contributed by atoms with van der Waals surface area (Å²) in [6.45, 7) is 7.04. The monoisotopic (exact) mass is 190 g/mol. The van der Waals surface area contributed by atoms with Crippen LogP contribution in [0.15, 0.2) is 0 Å². The molecule has 0 fully saturated rings. The lowest BCUT2D eigenvalue weighted by atomic mass is 10.7. The quantitative estimate of drug-likeness (QED) is 0.454. The van der Waals surface area contributed by atoms with Gasteiger partial charge in [0.2, 0.25) is 0 Å². The maximum absolute atomic E-state index is 10.1. The number of ether oxygens (including phenoxy) is 2. The summed E-state index contributed by atoms with van der Waals surface area (Å²) in [7, 11) is -1.58. The lowest BCUT2D eigenvalue weighted by molar-refractivity contribution is -0.138. The Labute approximate surface area is 72.9 Å².